The third-order valence-corrected chi connectivity index (χ3v) is 4.27. The van der Waals surface area contributed by atoms with Crippen molar-refractivity contribution in [3.05, 3.63) is 66.7 Å². The number of anilines is 4. The van der Waals surface area contributed by atoms with E-state index in [2.05, 4.69) is 41.9 Å². The van der Waals surface area contributed by atoms with Crippen LogP contribution in [0.25, 0.3) is 0 Å². The van der Waals surface area contributed by atoms with Crippen LogP contribution in [0, 0.1) is 12.2 Å². The normalized spacial score (nSPS) is 14.4. The van der Waals surface area contributed by atoms with Gasteiger partial charge in [0.05, 0.1) is 12.2 Å². The number of aromatic nitrogens is 4. The highest BCUT2D eigenvalue weighted by Crippen LogP contribution is 2.25. The van der Waals surface area contributed by atoms with Gasteiger partial charge in [-0.15, -0.1) is 0 Å². The Morgan fingerprint density at radius 1 is 1.07 bits per heavy atom. The van der Waals surface area contributed by atoms with E-state index < -0.39 is 0 Å². The summed E-state index contributed by atoms with van der Waals surface area (Å²) in [6.07, 6.45) is 7.04. The van der Waals surface area contributed by atoms with Gasteiger partial charge in [0.25, 0.3) is 0 Å². The fourth-order valence-corrected chi connectivity index (χ4v) is 2.69. The van der Waals surface area contributed by atoms with Crippen molar-refractivity contribution >= 4 is 23.4 Å². The van der Waals surface area contributed by atoms with Gasteiger partial charge < -0.3 is 15.5 Å². The first-order valence-corrected chi connectivity index (χ1v) is 8.68. The van der Waals surface area contributed by atoms with E-state index in [1.54, 1.807) is 30.7 Å². The summed E-state index contributed by atoms with van der Waals surface area (Å²) in [6, 6.07) is 8.20. The molecule has 1 aromatic carbocycles. The average molecular weight is 364 g/mol. The third kappa shape index (κ3) is 4.11. The highest BCUT2D eigenvalue weighted by molar-refractivity contribution is 5.60. The Labute approximate surface area is 156 Å². The summed E-state index contributed by atoms with van der Waals surface area (Å²) in [5.74, 6) is 2.29. The van der Waals surface area contributed by atoms with Crippen molar-refractivity contribution in [2.75, 3.05) is 28.6 Å². The summed E-state index contributed by atoms with van der Waals surface area (Å²) in [4.78, 5) is 19.6. The van der Waals surface area contributed by atoms with Gasteiger partial charge in [-0.25, -0.2) is 9.37 Å². The van der Waals surface area contributed by atoms with Crippen molar-refractivity contribution in [3.8, 4) is 0 Å². The second-order valence-corrected chi connectivity index (χ2v) is 6.26. The number of hydrogen-bond donors (Lipinski definition) is 2. The summed E-state index contributed by atoms with van der Waals surface area (Å²) < 4.78 is 13.2. The third-order valence-electron chi connectivity index (χ3n) is 4.27. The minimum Gasteiger partial charge on any atom is -0.356 e. The van der Waals surface area contributed by atoms with Crippen molar-refractivity contribution < 1.29 is 4.39 Å². The molecule has 1 atom stereocenters. The van der Waals surface area contributed by atoms with Crippen LogP contribution in [0.4, 0.5) is 27.8 Å². The van der Waals surface area contributed by atoms with Crippen LogP contribution in [0.15, 0.2) is 48.9 Å². The molecule has 2 aromatic heterocycles. The lowest BCUT2D eigenvalue weighted by atomic mass is 10.1. The van der Waals surface area contributed by atoms with Gasteiger partial charge in [-0.1, -0.05) is 12.1 Å². The number of nitrogens with zero attached hydrogens (tertiary/aromatic N) is 5. The molecule has 1 radical (unpaired) electrons. The van der Waals surface area contributed by atoms with E-state index in [4.69, 9.17) is 0 Å². The minimum absolute atomic E-state index is 0.0758. The molecule has 1 fully saturated rings. The van der Waals surface area contributed by atoms with E-state index in [0.29, 0.717) is 17.6 Å². The topological polar surface area (TPSA) is 78.9 Å². The SMILES string of the molecule is CC(Nc1nc(Nc2cnccn2)cc(N2C[CH]C2)n1)c1ccc(F)cc1. The van der Waals surface area contributed by atoms with Crippen LogP contribution in [-0.2, 0) is 0 Å². The minimum atomic E-state index is -0.256. The zero-order valence-electron chi connectivity index (χ0n) is 14.8. The quantitative estimate of drug-likeness (QED) is 0.694. The second-order valence-electron chi connectivity index (χ2n) is 6.26. The smallest absolute Gasteiger partial charge is 0.227 e. The monoisotopic (exact) mass is 364 g/mol. The molecule has 0 aliphatic carbocycles. The Kier molecular flexibility index (Phi) is 4.78. The first kappa shape index (κ1) is 17.1. The first-order valence-electron chi connectivity index (χ1n) is 8.68. The summed E-state index contributed by atoms with van der Waals surface area (Å²) in [7, 11) is 0. The number of hydrogen-bond acceptors (Lipinski definition) is 7. The standard InChI is InChI=1S/C19H19FN7/c1-13(14-3-5-15(20)6-4-14)23-19-25-16(24-17-12-21-7-8-22-17)11-18(26-19)27-9-2-10-27/h2-8,11-13H,9-10H2,1H3,(H2,22,23,24,25,26). The summed E-state index contributed by atoms with van der Waals surface area (Å²) in [5, 5.41) is 6.45. The molecule has 4 rings (SSSR count). The summed E-state index contributed by atoms with van der Waals surface area (Å²) in [5.41, 5.74) is 0.950. The molecule has 1 saturated heterocycles. The van der Waals surface area contributed by atoms with Gasteiger partial charge in [-0.3, -0.25) is 4.98 Å². The lowest BCUT2D eigenvalue weighted by molar-refractivity contribution is 0.626. The molecule has 0 amide bonds. The van der Waals surface area contributed by atoms with Crippen LogP contribution in [0.3, 0.4) is 0 Å². The summed E-state index contributed by atoms with van der Waals surface area (Å²) >= 11 is 0. The van der Waals surface area contributed by atoms with Crippen molar-refractivity contribution in [3.63, 3.8) is 0 Å². The molecule has 1 unspecified atom stereocenters. The van der Waals surface area contributed by atoms with Crippen molar-refractivity contribution in [1.82, 2.24) is 19.9 Å². The molecule has 8 heteroatoms. The number of nitrogens with one attached hydrogen (secondary N) is 2. The van der Waals surface area contributed by atoms with E-state index >= 15 is 0 Å². The molecule has 1 aliphatic heterocycles. The Morgan fingerprint density at radius 3 is 2.56 bits per heavy atom. The predicted molar refractivity (Wildman–Crippen MR) is 102 cm³/mol. The highest BCUT2D eigenvalue weighted by Gasteiger charge is 2.19. The predicted octanol–water partition coefficient (Wildman–Crippen LogP) is 3.35. The Hall–Kier alpha value is -3.29. The number of rotatable bonds is 6. The van der Waals surface area contributed by atoms with Crippen molar-refractivity contribution in [2.45, 2.75) is 13.0 Å². The maximum absolute atomic E-state index is 13.2. The molecule has 27 heavy (non-hydrogen) atoms. The molecule has 0 spiro atoms. The fourth-order valence-electron chi connectivity index (χ4n) is 2.69. The number of halogens is 1. The zero-order chi connectivity index (χ0) is 18.6. The van der Waals surface area contributed by atoms with Gasteiger partial charge in [0.2, 0.25) is 5.95 Å². The van der Waals surface area contributed by atoms with E-state index in [9.17, 15) is 4.39 Å². The van der Waals surface area contributed by atoms with Gasteiger partial charge in [0.15, 0.2) is 0 Å². The Bertz CT molecular complexity index is 898. The molecule has 7 nitrogen and oxygen atoms in total. The van der Waals surface area contributed by atoms with Crippen LogP contribution >= 0.6 is 0 Å². The van der Waals surface area contributed by atoms with Gasteiger partial charge >= 0.3 is 0 Å². The van der Waals surface area contributed by atoms with Crippen LogP contribution in [0.5, 0.6) is 0 Å². The lowest BCUT2D eigenvalue weighted by Crippen LogP contribution is -2.38. The van der Waals surface area contributed by atoms with Crippen LogP contribution in [0.1, 0.15) is 18.5 Å². The molecular formula is C19H19FN7. The summed E-state index contributed by atoms with van der Waals surface area (Å²) in [6.45, 7) is 3.69. The molecule has 0 saturated carbocycles. The van der Waals surface area contributed by atoms with Crippen molar-refractivity contribution in [2.24, 2.45) is 0 Å². The highest BCUT2D eigenvalue weighted by atomic mass is 19.1. The maximum atomic E-state index is 13.2. The van der Waals surface area contributed by atoms with E-state index in [1.807, 2.05) is 13.0 Å². The van der Waals surface area contributed by atoms with Gasteiger partial charge in [0.1, 0.15) is 23.3 Å². The van der Waals surface area contributed by atoms with Crippen LogP contribution < -0.4 is 15.5 Å². The van der Waals surface area contributed by atoms with E-state index in [1.165, 1.54) is 12.1 Å². The fraction of sp³-hybridized carbons (Fsp3) is 0.211. The lowest BCUT2D eigenvalue weighted by Gasteiger charge is -2.32. The maximum Gasteiger partial charge on any atom is 0.227 e. The van der Waals surface area contributed by atoms with E-state index in [-0.39, 0.29) is 11.9 Å². The Balaban J connectivity index is 1.58. The average Bonchev–Trinajstić information content (AvgIpc) is 2.61. The molecule has 137 valence electrons. The largest absolute Gasteiger partial charge is 0.356 e. The van der Waals surface area contributed by atoms with E-state index in [0.717, 1.165) is 24.5 Å². The molecule has 0 bridgehead atoms. The number of benzene rings is 1. The molecule has 1 aliphatic rings. The van der Waals surface area contributed by atoms with Gasteiger partial charge in [0, 0.05) is 38.0 Å². The van der Waals surface area contributed by atoms with Gasteiger partial charge in [-0.2, -0.15) is 9.97 Å². The second kappa shape index (κ2) is 7.53. The zero-order valence-corrected chi connectivity index (χ0v) is 14.8. The van der Waals surface area contributed by atoms with Crippen molar-refractivity contribution in [1.29, 1.82) is 0 Å². The van der Waals surface area contributed by atoms with Crippen LogP contribution in [-0.4, -0.2) is 33.0 Å². The molecule has 3 heterocycles. The van der Waals surface area contributed by atoms with Gasteiger partial charge in [-0.05, 0) is 24.6 Å². The molecular weight excluding hydrogens is 345 g/mol. The molecule has 2 N–H and O–H groups in total. The first-order chi connectivity index (χ1) is 13.2. The van der Waals surface area contributed by atoms with Crippen LogP contribution in [0.2, 0.25) is 0 Å². The Morgan fingerprint density at radius 2 is 1.89 bits per heavy atom. The molecule has 3 aromatic rings.